The normalized spacial score (nSPS) is 11.2. The Hall–Kier alpha value is -0.990. The molecule has 1 N–H and O–H groups in total. The van der Waals surface area contributed by atoms with Gasteiger partial charge >= 0.3 is 0 Å². The molecule has 1 rings (SSSR count). The van der Waals surface area contributed by atoms with Crippen LogP contribution in [0, 0.1) is 6.92 Å². The van der Waals surface area contributed by atoms with E-state index in [-0.39, 0.29) is 5.03 Å². The quantitative estimate of drug-likeness (QED) is 0.637. The molecule has 4 heteroatoms. The maximum Gasteiger partial charge on any atom is 0.162 e. The molecular formula is C10H9Cl2NO. The van der Waals surface area contributed by atoms with E-state index < -0.39 is 0 Å². The summed E-state index contributed by atoms with van der Waals surface area (Å²) >= 11 is 11.4. The third kappa shape index (κ3) is 2.76. The fourth-order valence-electron chi connectivity index (χ4n) is 0.990. The highest BCUT2D eigenvalue weighted by Gasteiger charge is 2.00. The average molecular weight is 230 g/mol. The molecule has 0 aliphatic heterocycles. The Morgan fingerprint density at radius 2 is 2.21 bits per heavy atom. The molecule has 0 radical (unpaired) electrons. The number of halogens is 2. The predicted molar refractivity (Wildman–Crippen MR) is 59.8 cm³/mol. The number of benzene rings is 1. The summed E-state index contributed by atoms with van der Waals surface area (Å²) < 4.78 is 0. The summed E-state index contributed by atoms with van der Waals surface area (Å²) in [4.78, 5) is 10.2. The van der Waals surface area contributed by atoms with Gasteiger partial charge in [0, 0.05) is 6.20 Å². The number of rotatable bonds is 3. The maximum absolute atomic E-state index is 10.2. The minimum absolute atomic E-state index is 0.101. The van der Waals surface area contributed by atoms with Crippen LogP contribution in [-0.4, -0.2) is 6.29 Å². The smallest absolute Gasteiger partial charge is 0.162 e. The van der Waals surface area contributed by atoms with E-state index in [0.29, 0.717) is 11.3 Å². The Kier molecular flexibility index (Phi) is 3.98. The largest absolute Gasteiger partial charge is 0.359 e. The highest BCUT2D eigenvalue weighted by Crippen LogP contribution is 2.25. The second-order valence-electron chi connectivity index (χ2n) is 2.72. The number of allylic oxidation sites excluding steroid dienone is 1. The molecule has 0 aromatic heterocycles. The van der Waals surface area contributed by atoms with Gasteiger partial charge in [-0.1, -0.05) is 35.3 Å². The fourth-order valence-corrected chi connectivity index (χ4v) is 1.32. The number of hydrogen-bond acceptors (Lipinski definition) is 2. The molecule has 14 heavy (non-hydrogen) atoms. The van der Waals surface area contributed by atoms with Crippen molar-refractivity contribution in [3.8, 4) is 0 Å². The number of anilines is 1. The first-order chi connectivity index (χ1) is 6.65. The van der Waals surface area contributed by atoms with Crippen molar-refractivity contribution in [1.82, 2.24) is 0 Å². The first-order valence-electron chi connectivity index (χ1n) is 3.97. The lowest BCUT2D eigenvalue weighted by molar-refractivity contribution is -0.104. The Labute approximate surface area is 92.5 Å². The summed E-state index contributed by atoms with van der Waals surface area (Å²) in [7, 11) is 0. The molecule has 0 fully saturated rings. The van der Waals surface area contributed by atoms with E-state index in [1.54, 1.807) is 6.07 Å². The first kappa shape index (κ1) is 11.1. The van der Waals surface area contributed by atoms with Gasteiger partial charge in [0.1, 0.15) is 0 Å². The zero-order chi connectivity index (χ0) is 10.6. The van der Waals surface area contributed by atoms with Gasteiger partial charge in [-0.2, -0.15) is 0 Å². The van der Waals surface area contributed by atoms with E-state index in [0.717, 1.165) is 11.3 Å². The molecule has 2 nitrogen and oxygen atoms in total. The maximum atomic E-state index is 10.2. The molecule has 0 saturated carbocycles. The van der Waals surface area contributed by atoms with Crippen LogP contribution in [0.15, 0.2) is 29.4 Å². The van der Waals surface area contributed by atoms with Crippen LogP contribution in [0.5, 0.6) is 0 Å². The van der Waals surface area contributed by atoms with Crippen molar-refractivity contribution in [1.29, 1.82) is 0 Å². The lowest BCUT2D eigenvalue weighted by atomic mass is 10.2. The fraction of sp³-hybridized carbons (Fsp3) is 0.100. The van der Waals surface area contributed by atoms with Crippen LogP contribution in [0.2, 0.25) is 5.02 Å². The van der Waals surface area contributed by atoms with E-state index in [1.165, 1.54) is 6.20 Å². The Morgan fingerprint density at radius 1 is 1.50 bits per heavy atom. The lowest BCUT2D eigenvalue weighted by Crippen LogP contribution is -1.93. The van der Waals surface area contributed by atoms with Gasteiger partial charge in [0.25, 0.3) is 0 Å². The van der Waals surface area contributed by atoms with Crippen molar-refractivity contribution in [3.05, 3.63) is 40.0 Å². The number of carbonyl (C=O) groups is 1. The zero-order valence-corrected chi connectivity index (χ0v) is 9.06. The summed E-state index contributed by atoms with van der Waals surface area (Å²) in [6, 6.07) is 5.53. The van der Waals surface area contributed by atoms with Crippen molar-refractivity contribution in [2.45, 2.75) is 6.92 Å². The van der Waals surface area contributed by atoms with Crippen LogP contribution in [-0.2, 0) is 4.79 Å². The SMILES string of the molecule is Cc1cccc(Cl)c1N/C=C(\Cl)C=O. The molecule has 0 saturated heterocycles. The highest BCUT2D eigenvalue weighted by atomic mass is 35.5. The van der Waals surface area contributed by atoms with Crippen LogP contribution in [0.4, 0.5) is 5.69 Å². The summed E-state index contributed by atoms with van der Waals surface area (Å²) in [5.41, 5.74) is 1.75. The Bertz CT molecular complexity index is 354. The molecule has 1 aromatic rings. The van der Waals surface area contributed by atoms with Crippen LogP contribution in [0.3, 0.4) is 0 Å². The molecule has 0 unspecified atom stereocenters. The number of aryl methyl sites for hydroxylation is 1. The predicted octanol–water partition coefficient (Wildman–Crippen LogP) is 3.34. The molecule has 74 valence electrons. The summed E-state index contributed by atoms with van der Waals surface area (Å²) in [6.45, 7) is 1.91. The topological polar surface area (TPSA) is 29.1 Å². The van der Waals surface area contributed by atoms with Gasteiger partial charge in [-0.3, -0.25) is 4.79 Å². The summed E-state index contributed by atoms with van der Waals surface area (Å²) in [5.74, 6) is 0. The van der Waals surface area contributed by atoms with Crippen molar-refractivity contribution in [2.75, 3.05) is 5.32 Å². The number of nitrogens with one attached hydrogen (secondary N) is 1. The standard InChI is InChI=1S/C10H9Cl2NO/c1-7-3-2-4-9(12)10(7)13-5-8(11)6-14/h2-6,13H,1H3/b8-5-. The third-order valence-corrected chi connectivity index (χ3v) is 2.20. The van der Waals surface area contributed by atoms with E-state index >= 15 is 0 Å². The van der Waals surface area contributed by atoms with Gasteiger partial charge in [0.05, 0.1) is 15.7 Å². The number of carbonyl (C=O) groups excluding carboxylic acids is 1. The van der Waals surface area contributed by atoms with Crippen LogP contribution in [0.25, 0.3) is 0 Å². The van der Waals surface area contributed by atoms with Gasteiger partial charge in [0.15, 0.2) is 6.29 Å². The summed E-state index contributed by atoms with van der Waals surface area (Å²) in [6.07, 6.45) is 1.96. The van der Waals surface area contributed by atoms with E-state index in [1.807, 2.05) is 19.1 Å². The number of hydrogen-bond donors (Lipinski definition) is 1. The van der Waals surface area contributed by atoms with Gasteiger partial charge < -0.3 is 5.32 Å². The summed E-state index contributed by atoms with van der Waals surface area (Å²) in [5, 5.41) is 3.57. The number of aldehydes is 1. The van der Waals surface area contributed by atoms with Gasteiger partial charge in [-0.05, 0) is 18.6 Å². The van der Waals surface area contributed by atoms with Crippen molar-refractivity contribution in [3.63, 3.8) is 0 Å². The van der Waals surface area contributed by atoms with Gasteiger partial charge in [-0.15, -0.1) is 0 Å². The molecule has 1 aromatic carbocycles. The molecule has 0 aliphatic rings. The Morgan fingerprint density at radius 3 is 2.79 bits per heavy atom. The first-order valence-corrected chi connectivity index (χ1v) is 4.73. The van der Waals surface area contributed by atoms with E-state index in [9.17, 15) is 4.79 Å². The van der Waals surface area contributed by atoms with E-state index in [4.69, 9.17) is 23.2 Å². The van der Waals surface area contributed by atoms with Crippen LogP contribution < -0.4 is 5.32 Å². The molecule has 0 amide bonds. The average Bonchev–Trinajstić information content (AvgIpc) is 2.16. The molecule has 0 heterocycles. The second kappa shape index (κ2) is 5.03. The second-order valence-corrected chi connectivity index (χ2v) is 3.57. The van der Waals surface area contributed by atoms with Crippen LogP contribution in [0.1, 0.15) is 5.56 Å². The van der Waals surface area contributed by atoms with Crippen molar-refractivity contribution < 1.29 is 4.79 Å². The third-order valence-electron chi connectivity index (χ3n) is 1.69. The number of para-hydroxylation sites is 1. The minimum Gasteiger partial charge on any atom is -0.359 e. The Balaban J connectivity index is 2.91. The highest BCUT2D eigenvalue weighted by molar-refractivity contribution is 6.38. The van der Waals surface area contributed by atoms with Gasteiger partial charge in [0.2, 0.25) is 0 Å². The van der Waals surface area contributed by atoms with E-state index in [2.05, 4.69) is 5.32 Å². The minimum atomic E-state index is 0.101. The monoisotopic (exact) mass is 229 g/mol. The van der Waals surface area contributed by atoms with Crippen molar-refractivity contribution >= 4 is 35.2 Å². The molecule has 0 bridgehead atoms. The lowest BCUT2D eigenvalue weighted by Gasteiger charge is -2.07. The molecule has 0 aliphatic carbocycles. The van der Waals surface area contributed by atoms with Gasteiger partial charge in [-0.25, -0.2) is 0 Å². The zero-order valence-electron chi connectivity index (χ0n) is 7.55. The molecular weight excluding hydrogens is 221 g/mol. The van der Waals surface area contributed by atoms with Crippen LogP contribution >= 0.6 is 23.2 Å². The molecule has 0 atom stereocenters. The van der Waals surface area contributed by atoms with Crippen molar-refractivity contribution in [2.24, 2.45) is 0 Å². The molecule has 0 spiro atoms.